The Morgan fingerprint density at radius 3 is 3.00 bits per heavy atom. The Hall–Kier alpha value is -1.51. The highest BCUT2D eigenvalue weighted by atomic mass is 16.4. The minimum absolute atomic E-state index is 0.436. The second-order valence-electron chi connectivity index (χ2n) is 3.27. The van der Waals surface area contributed by atoms with Crippen LogP contribution in [0.5, 0.6) is 0 Å². The van der Waals surface area contributed by atoms with Crippen molar-refractivity contribution in [1.82, 2.24) is 0 Å². The molecule has 0 bridgehead atoms. The zero-order valence-corrected chi connectivity index (χ0v) is 7.42. The number of hydrogen-bond acceptors (Lipinski definition) is 2. The molecule has 2 N–H and O–H groups in total. The van der Waals surface area contributed by atoms with Gasteiger partial charge in [0, 0.05) is 12.2 Å². The van der Waals surface area contributed by atoms with Crippen molar-refractivity contribution in [2.75, 3.05) is 11.9 Å². The third kappa shape index (κ3) is 1.16. The van der Waals surface area contributed by atoms with Crippen molar-refractivity contribution in [1.29, 1.82) is 0 Å². The lowest BCUT2D eigenvalue weighted by Gasteiger charge is -2.06. The fourth-order valence-corrected chi connectivity index (χ4v) is 1.78. The minimum Gasteiger partial charge on any atom is -0.478 e. The molecule has 0 unspecified atom stereocenters. The second kappa shape index (κ2) is 2.76. The topological polar surface area (TPSA) is 49.3 Å². The Balaban J connectivity index is 2.62. The fourth-order valence-electron chi connectivity index (χ4n) is 1.78. The summed E-state index contributed by atoms with van der Waals surface area (Å²) >= 11 is 0. The van der Waals surface area contributed by atoms with Gasteiger partial charge < -0.3 is 10.4 Å². The SMILES string of the molecule is Cc1ccc(C(=O)O)c2c1NCC2. The zero-order valence-electron chi connectivity index (χ0n) is 7.42. The predicted molar refractivity (Wildman–Crippen MR) is 50.3 cm³/mol. The van der Waals surface area contributed by atoms with Gasteiger partial charge in [0.15, 0.2) is 0 Å². The van der Waals surface area contributed by atoms with E-state index in [2.05, 4.69) is 5.32 Å². The molecule has 0 amide bonds. The van der Waals surface area contributed by atoms with E-state index in [1.807, 2.05) is 13.0 Å². The van der Waals surface area contributed by atoms with E-state index in [-0.39, 0.29) is 0 Å². The average Bonchev–Trinajstić information content (AvgIpc) is 2.53. The highest BCUT2D eigenvalue weighted by Gasteiger charge is 2.19. The quantitative estimate of drug-likeness (QED) is 0.685. The van der Waals surface area contributed by atoms with Gasteiger partial charge in [-0.1, -0.05) is 6.07 Å². The summed E-state index contributed by atoms with van der Waals surface area (Å²) in [5.74, 6) is -0.833. The number of benzene rings is 1. The number of carbonyl (C=O) groups is 1. The first-order valence-corrected chi connectivity index (χ1v) is 4.30. The van der Waals surface area contributed by atoms with Crippen LogP contribution < -0.4 is 5.32 Å². The largest absolute Gasteiger partial charge is 0.478 e. The van der Waals surface area contributed by atoms with Crippen LogP contribution in [0, 0.1) is 6.92 Å². The molecular formula is C10H11NO2. The summed E-state index contributed by atoms with van der Waals surface area (Å²) in [5.41, 5.74) is 3.52. The number of fused-ring (bicyclic) bond motifs is 1. The lowest BCUT2D eigenvalue weighted by atomic mass is 10.0. The average molecular weight is 177 g/mol. The first kappa shape index (κ1) is 8.10. The molecule has 3 heteroatoms. The number of hydrogen-bond donors (Lipinski definition) is 2. The van der Waals surface area contributed by atoms with Crippen molar-refractivity contribution in [3.63, 3.8) is 0 Å². The molecule has 1 heterocycles. The molecule has 0 fully saturated rings. The Labute approximate surface area is 76.4 Å². The summed E-state index contributed by atoms with van der Waals surface area (Å²) in [7, 11) is 0. The van der Waals surface area contributed by atoms with Crippen molar-refractivity contribution in [2.24, 2.45) is 0 Å². The summed E-state index contributed by atoms with van der Waals surface area (Å²) in [4.78, 5) is 10.8. The van der Waals surface area contributed by atoms with Gasteiger partial charge in [0.25, 0.3) is 0 Å². The van der Waals surface area contributed by atoms with Gasteiger partial charge >= 0.3 is 5.97 Å². The van der Waals surface area contributed by atoms with E-state index < -0.39 is 5.97 Å². The maximum Gasteiger partial charge on any atom is 0.336 e. The van der Waals surface area contributed by atoms with Crippen molar-refractivity contribution in [3.05, 3.63) is 28.8 Å². The van der Waals surface area contributed by atoms with Crippen LogP contribution in [0.15, 0.2) is 12.1 Å². The Kier molecular flexibility index (Phi) is 1.72. The van der Waals surface area contributed by atoms with Gasteiger partial charge in [-0.3, -0.25) is 0 Å². The molecule has 1 aromatic rings. The van der Waals surface area contributed by atoms with Crippen LogP contribution in [-0.4, -0.2) is 17.6 Å². The van der Waals surface area contributed by atoms with Crippen LogP contribution >= 0.6 is 0 Å². The Bertz CT molecular complexity index is 371. The molecule has 0 radical (unpaired) electrons. The first-order valence-electron chi connectivity index (χ1n) is 4.30. The molecule has 3 nitrogen and oxygen atoms in total. The molecule has 0 atom stereocenters. The molecule has 1 aliphatic rings. The molecule has 0 aromatic heterocycles. The van der Waals surface area contributed by atoms with Crippen molar-refractivity contribution < 1.29 is 9.90 Å². The van der Waals surface area contributed by atoms with Gasteiger partial charge in [0.1, 0.15) is 0 Å². The molecule has 0 saturated carbocycles. The van der Waals surface area contributed by atoms with Gasteiger partial charge in [-0.05, 0) is 30.5 Å². The lowest BCUT2D eigenvalue weighted by Crippen LogP contribution is -2.01. The molecule has 68 valence electrons. The predicted octanol–water partition coefficient (Wildman–Crippen LogP) is 1.66. The Morgan fingerprint density at radius 1 is 1.54 bits per heavy atom. The third-order valence-corrected chi connectivity index (χ3v) is 2.43. The van der Waals surface area contributed by atoms with E-state index in [9.17, 15) is 4.79 Å². The van der Waals surface area contributed by atoms with Gasteiger partial charge in [-0.2, -0.15) is 0 Å². The molecule has 13 heavy (non-hydrogen) atoms. The van der Waals surface area contributed by atoms with Gasteiger partial charge in [0.05, 0.1) is 5.56 Å². The number of anilines is 1. The van der Waals surface area contributed by atoms with E-state index in [4.69, 9.17) is 5.11 Å². The molecule has 0 spiro atoms. The van der Waals surface area contributed by atoms with E-state index >= 15 is 0 Å². The van der Waals surface area contributed by atoms with E-state index in [1.54, 1.807) is 6.07 Å². The number of carboxylic acid groups (broad SMARTS) is 1. The molecule has 0 aliphatic carbocycles. The maximum absolute atomic E-state index is 10.8. The van der Waals surface area contributed by atoms with Crippen molar-refractivity contribution in [2.45, 2.75) is 13.3 Å². The van der Waals surface area contributed by atoms with Gasteiger partial charge in [0.2, 0.25) is 0 Å². The highest BCUT2D eigenvalue weighted by Crippen LogP contribution is 2.29. The fraction of sp³-hybridized carbons (Fsp3) is 0.300. The standard InChI is InChI=1S/C10H11NO2/c1-6-2-3-8(10(12)13)7-4-5-11-9(6)7/h2-3,11H,4-5H2,1H3,(H,12,13). The number of carboxylic acids is 1. The normalized spacial score (nSPS) is 13.6. The number of aryl methyl sites for hydroxylation is 1. The number of nitrogens with one attached hydrogen (secondary N) is 1. The van der Waals surface area contributed by atoms with Crippen LogP contribution in [0.2, 0.25) is 0 Å². The van der Waals surface area contributed by atoms with Crippen LogP contribution in [0.1, 0.15) is 21.5 Å². The molecular weight excluding hydrogens is 166 g/mol. The van der Waals surface area contributed by atoms with E-state index in [0.29, 0.717) is 5.56 Å². The second-order valence-corrected chi connectivity index (χ2v) is 3.27. The summed E-state index contributed by atoms with van der Waals surface area (Å²) < 4.78 is 0. The summed E-state index contributed by atoms with van der Waals surface area (Å²) in [6.45, 7) is 2.84. The molecule has 0 saturated heterocycles. The summed E-state index contributed by atoms with van der Waals surface area (Å²) in [6, 6.07) is 3.53. The van der Waals surface area contributed by atoms with E-state index in [0.717, 1.165) is 29.8 Å². The third-order valence-electron chi connectivity index (χ3n) is 2.43. The van der Waals surface area contributed by atoms with Crippen molar-refractivity contribution in [3.8, 4) is 0 Å². The monoisotopic (exact) mass is 177 g/mol. The van der Waals surface area contributed by atoms with Crippen LogP contribution in [0.4, 0.5) is 5.69 Å². The maximum atomic E-state index is 10.8. The van der Waals surface area contributed by atoms with E-state index in [1.165, 1.54) is 0 Å². The number of aromatic carboxylic acids is 1. The van der Waals surface area contributed by atoms with Crippen LogP contribution in [-0.2, 0) is 6.42 Å². The molecule has 1 aromatic carbocycles. The summed E-state index contributed by atoms with van der Waals surface area (Å²) in [5, 5.41) is 12.1. The van der Waals surface area contributed by atoms with Crippen LogP contribution in [0.3, 0.4) is 0 Å². The van der Waals surface area contributed by atoms with Crippen molar-refractivity contribution >= 4 is 11.7 Å². The smallest absolute Gasteiger partial charge is 0.336 e. The lowest BCUT2D eigenvalue weighted by molar-refractivity contribution is 0.0696. The van der Waals surface area contributed by atoms with Gasteiger partial charge in [-0.15, -0.1) is 0 Å². The van der Waals surface area contributed by atoms with Gasteiger partial charge in [-0.25, -0.2) is 4.79 Å². The number of rotatable bonds is 1. The van der Waals surface area contributed by atoms with Crippen LogP contribution in [0.25, 0.3) is 0 Å². The first-order chi connectivity index (χ1) is 6.20. The highest BCUT2D eigenvalue weighted by molar-refractivity contribution is 5.92. The minimum atomic E-state index is -0.833. The summed E-state index contributed by atoms with van der Waals surface area (Å²) in [6.07, 6.45) is 0.818. The molecule has 2 rings (SSSR count). The Morgan fingerprint density at radius 2 is 2.31 bits per heavy atom. The zero-order chi connectivity index (χ0) is 9.42. The molecule has 1 aliphatic heterocycles.